The van der Waals surface area contributed by atoms with Crippen molar-refractivity contribution >= 4 is 12.2 Å². The fraction of sp³-hybridized carbons (Fsp3) is 0.125. The highest BCUT2D eigenvalue weighted by Crippen LogP contribution is 1.70. The topological polar surface area (TPSA) is 34.1 Å². The maximum Gasteiger partial charge on any atom is 0.185 e. The molecule has 2 nitrogen and oxygen atoms in total. The summed E-state index contributed by atoms with van der Waals surface area (Å²) in [6, 6.07) is 0. The van der Waals surface area contributed by atoms with E-state index >= 15 is 0 Å². The highest BCUT2D eigenvalue weighted by Gasteiger charge is 1.66. The number of hydrogen-bond donors (Lipinski definition) is 0. The van der Waals surface area contributed by atoms with Gasteiger partial charge in [0.2, 0.25) is 0 Å². The number of rotatable bonds is 1. The molecular weight excluding hydrogens is 128 g/mol. The zero-order valence-corrected chi connectivity index (χ0v) is 5.81. The molecule has 0 unspecified atom stereocenters. The fourth-order valence-corrected chi connectivity index (χ4v) is 0.0361. The van der Waals surface area contributed by atoms with Crippen LogP contribution in [0.25, 0.3) is 0 Å². The van der Waals surface area contributed by atoms with Crippen LogP contribution in [0.2, 0.25) is 0 Å². The van der Waals surface area contributed by atoms with Crippen molar-refractivity contribution in [2.75, 3.05) is 0 Å². The third-order valence-electron chi connectivity index (χ3n) is 0.341. The molecule has 0 aromatic rings. The summed E-state index contributed by atoms with van der Waals surface area (Å²) in [6.45, 7) is 8.02. The zero-order chi connectivity index (χ0) is 8.41. The first-order valence-corrected chi connectivity index (χ1v) is 2.44. The fourth-order valence-electron chi connectivity index (χ4n) is 0.0361. The van der Waals surface area contributed by atoms with Crippen molar-refractivity contribution in [1.82, 2.24) is 0 Å². The van der Waals surface area contributed by atoms with Crippen LogP contribution in [-0.4, -0.2) is 12.2 Å². The van der Waals surface area contributed by atoms with Gasteiger partial charge in [-0.2, -0.15) is 0 Å². The molecule has 0 aliphatic carbocycles. The van der Waals surface area contributed by atoms with Crippen molar-refractivity contribution in [2.45, 2.75) is 6.92 Å². The third kappa shape index (κ3) is 32.2. The Balaban J connectivity index is 0. The predicted molar refractivity (Wildman–Crippen MR) is 39.2 cm³/mol. The van der Waals surface area contributed by atoms with E-state index in [4.69, 9.17) is 4.79 Å². The van der Waals surface area contributed by atoms with Gasteiger partial charge in [0.05, 0.1) is 0 Å². The molecule has 10 heavy (non-hydrogen) atoms. The summed E-state index contributed by atoms with van der Waals surface area (Å²) >= 11 is 0. The molecule has 0 rings (SSSR count). The lowest BCUT2D eigenvalue weighted by Gasteiger charge is -1.65. The summed E-state index contributed by atoms with van der Waals surface area (Å²) in [5.74, 6) is 1.34. The molecular formula is C8H8O2. The third-order valence-corrected chi connectivity index (χ3v) is 0.341. The Bertz CT molecular complexity index is 197. The molecule has 0 aromatic carbocycles. The van der Waals surface area contributed by atoms with Crippen LogP contribution in [0.1, 0.15) is 6.92 Å². The largest absolute Gasteiger partial charge is 0.298 e. The minimum absolute atomic E-state index is 0.574. The minimum atomic E-state index is 0.574. The molecule has 0 heterocycles. The molecule has 0 fully saturated rings. The van der Waals surface area contributed by atoms with Crippen molar-refractivity contribution in [3.63, 3.8) is 0 Å². The minimum Gasteiger partial charge on any atom is -0.298 e. The van der Waals surface area contributed by atoms with Crippen LogP contribution in [0, 0.1) is 0 Å². The van der Waals surface area contributed by atoms with Gasteiger partial charge in [0.1, 0.15) is 6.29 Å². The Hall–Kier alpha value is -1.58. The van der Waals surface area contributed by atoms with Gasteiger partial charge in [0, 0.05) is 5.73 Å². The van der Waals surface area contributed by atoms with Gasteiger partial charge in [-0.3, -0.25) is 4.79 Å². The van der Waals surface area contributed by atoms with Gasteiger partial charge in [0.15, 0.2) is 5.94 Å². The monoisotopic (exact) mass is 136 g/mol. The Morgan fingerprint density at radius 2 is 2.00 bits per heavy atom. The smallest absolute Gasteiger partial charge is 0.185 e. The Labute approximate surface area is 59.9 Å². The van der Waals surface area contributed by atoms with E-state index in [1.807, 2.05) is 5.73 Å². The first-order valence-electron chi connectivity index (χ1n) is 2.44. The zero-order valence-electron chi connectivity index (χ0n) is 5.81. The van der Waals surface area contributed by atoms with Crippen LogP contribution in [0.3, 0.4) is 0 Å². The van der Waals surface area contributed by atoms with E-state index in [1.165, 1.54) is 5.94 Å². The van der Waals surface area contributed by atoms with Crippen LogP contribution < -0.4 is 0 Å². The van der Waals surface area contributed by atoms with Gasteiger partial charge in [-0.25, -0.2) is 4.79 Å². The summed E-state index contributed by atoms with van der Waals surface area (Å²) in [6.07, 6.45) is 0.722. The Morgan fingerprint density at radius 1 is 1.60 bits per heavy atom. The number of carbonyl (C=O) groups excluding carboxylic acids is 2. The lowest BCUT2D eigenvalue weighted by molar-refractivity contribution is -0.104. The van der Waals surface area contributed by atoms with Crippen LogP contribution in [-0.2, 0) is 9.59 Å². The summed E-state index contributed by atoms with van der Waals surface area (Å²) in [5, 5.41) is 0. The SMILES string of the molecule is C=C(C)C=O.C=C=C=C=O. The van der Waals surface area contributed by atoms with E-state index in [0.29, 0.717) is 5.57 Å². The molecule has 0 aliphatic rings. The molecule has 0 N–H and O–H groups in total. The summed E-state index contributed by atoms with van der Waals surface area (Å²) in [5.41, 5.74) is 4.61. The van der Waals surface area contributed by atoms with E-state index in [2.05, 4.69) is 18.9 Å². The van der Waals surface area contributed by atoms with Crippen molar-refractivity contribution in [3.05, 3.63) is 30.2 Å². The van der Waals surface area contributed by atoms with Crippen molar-refractivity contribution in [2.24, 2.45) is 0 Å². The lowest BCUT2D eigenvalue weighted by Crippen LogP contribution is -1.65. The molecule has 0 saturated heterocycles. The van der Waals surface area contributed by atoms with Gasteiger partial charge >= 0.3 is 0 Å². The van der Waals surface area contributed by atoms with Gasteiger partial charge in [-0.05, 0) is 19.1 Å². The van der Waals surface area contributed by atoms with E-state index < -0.39 is 0 Å². The van der Waals surface area contributed by atoms with Gasteiger partial charge in [0.25, 0.3) is 0 Å². The summed E-state index contributed by atoms with van der Waals surface area (Å²) in [4.78, 5) is 18.5. The van der Waals surface area contributed by atoms with Crippen LogP contribution in [0.5, 0.6) is 0 Å². The van der Waals surface area contributed by atoms with E-state index in [0.717, 1.165) is 6.29 Å². The molecule has 0 aromatic heterocycles. The average molecular weight is 136 g/mol. The summed E-state index contributed by atoms with van der Waals surface area (Å²) in [7, 11) is 0. The van der Waals surface area contributed by atoms with E-state index in [9.17, 15) is 4.79 Å². The van der Waals surface area contributed by atoms with Crippen LogP contribution in [0.4, 0.5) is 0 Å². The quantitative estimate of drug-likeness (QED) is 0.234. The Kier molecular flexibility index (Phi) is 11.7. The van der Waals surface area contributed by atoms with Gasteiger partial charge < -0.3 is 0 Å². The van der Waals surface area contributed by atoms with Crippen molar-refractivity contribution in [3.8, 4) is 0 Å². The van der Waals surface area contributed by atoms with Gasteiger partial charge in [-0.15, -0.1) is 0 Å². The highest BCUT2D eigenvalue weighted by atomic mass is 16.1. The average Bonchev–Trinajstić information content (AvgIpc) is 1.91. The second-order valence-electron chi connectivity index (χ2n) is 1.37. The molecule has 0 spiro atoms. The second kappa shape index (κ2) is 10.4. The van der Waals surface area contributed by atoms with Crippen LogP contribution in [0.15, 0.2) is 30.2 Å². The van der Waals surface area contributed by atoms with E-state index in [-0.39, 0.29) is 0 Å². The van der Waals surface area contributed by atoms with Crippen molar-refractivity contribution < 1.29 is 9.59 Å². The Morgan fingerprint density at radius 3 is 2.00 bits per heavy atom. The standard InChI is InChI=1S/C4H6O.C4H2O/c1-4(2)3-5;1-2-3-4-5/h3H,1H2,2H3;1H2. The molecule has 0 atom stereocenters. The van der Waals surface area contributed by atoms with Crippen molar-refractivity contribution in [1.29, 1.82) is 0 Å². The molecule has 0 saturated carbocycles. The first kappa shape index (κ1) is 11.2. The normalized spacial score (nSPS) is 4.90. The first-order chi connectivity index (χ1) is 4.68. The number of hydrogen-bond acceptors (Lipinski definition) is 2. The maximum absolute atomic E-state index is 9.41. The molecule has 0 radical (unpaired) electrons. The number of aldehydes is 1. The molecule has 0 aliphatic heterocycles. The van der Waals surface area contributed by atoms with Crippen LogP contribution >= 0.6 is 0 Å². The van der Waals surface area contributed by atoms with Gasteiger partial charge in [-0.1, -0.05) is 12.3 Å². The summed E-state index contributed by atoms with van der Waals surface area (Å²) < 4.78 is 0. The van der Waals surface area contributed by atoms with E-state index in [1.54, 1.807) is 6.92 Å². The molecule has 0 amide bonds. The highest BCUT2D eigenvalue weighted by molar-refractivity contribution is 5.70. The maximum atomic E-state index is 9.41. The number of carbonyl (C=O) groups is 1. The molecule has 52 valence electrons. The predicted octanol–water partition coefficient (Wildman–Crippen LogP) is 1.08. The number of allylic oxidation sites excluding steroid dienone is 1. The lowest BCUT2D eigenvalue weighted by atomic mass is 10.4. The molecule has 0 bridgehead atoms. The second-order valence-corrected chi connectivity index (χ2v) is 1.37. The molecule has 2 heteroatoms.